The third-order valence-electron chi connectivity index (χ3n) is 2.71. The molecular formula is C13H11ClN2O. The molecule has 0 saturated heterocycles. The van der Waals surface area contributed by atoms with E-state index in [1.165, 1.54) is 0 Å². The molecule has 3 nitrogen and oxygen atoms in total. The van der Waals surface area contributed by atoms with E-state index < -0.39 is 0 Å². The number of hydrogen-bond donors (Lipinski definition) is 0. The van der Waals surface area contributed by atoms with Gasteiger partial charge in [-0.1, -0.05) is 11.6 Å². The van der Waals surface area contributed by atoms with Crippen LogP contribution in [0.15, 0.2) is 34.9 Å². The summed E-state index contributed by atoms with van der Waals surface area (Å²) >= 11 is 6.13. The fourth-order valence-corrected chi connectivity index (χ4v) is 2.11. The van der Waals surface area contributed by atoms with Crippen LogP contribution in [-0.2, 0) is 0 Å². The number of pyridine rings is 1. The maximum Gasteiger partial charge on any atom is 0.182 e. The quantitative estimate of drug-likeness (QED) is 0.653. The molecule has 0 spiro atoms. The van der Waals surface area contributed by atoms with Crippen LogP contribution in [0.5, 0.6) is 0 Å². The van der Waals surface area contributed by atoms with Crippen molar-refractivity contribution >= 4 is 17.1 Å². The summed E-state index contributed by atoms with van der Waals surface area (Å²) in [6.07, 6.45) is 1.96. The van der Waals surface area contributed by atoms with Crippen molar-refractivity contribution in [2.45, 2.75) is 13.8 Å². The zero-order chi connectivity index (χ0) is 12.0. The Hall–Kier alpha value is -1.74. The van der Waals surface area contributed by atoms with Crippen molar-refractivity contribution in [2.75, 3.05) is 0 Å². The van der Waals surface area contributed by atoms with Gasteiger partial charge in [0.05, 0.1) is 5.52 Å². The molecule has 0 bridgehead atoms. The van der Waals surface area contributed by atoms with E-state index in [1.807, 2.05) is 48.7 Å². The lowest BCUT2D eigenvalue weighted by atomic mass is 10.3. The summed E-state index contributed by atoms with van der Waals surface area (Å²) in [6, 6.07) is 7.84. The van der Waals surface area contributed by atoms with E-state index >= 15 is 0 Å². The summed E-state index contributed by atoms with van der Waals surface area (Å²) < 4.78 is 7.52. The number of aryl methyl sites for hydroxylation is 2. The second kappa shape index (κ2) is 3.64. The lowest BCUT2D eigenvalue weighted by Gasteiger charge is -1.99. The molecule has 0 fully saturated rings. The largest absolute Gasteiger partial charge is 0.458 e. The molecule has 3 heterocycles. The topological polar surface area (TPSA) is 30.4 Å². The lowest BCUT2D eigenvalue weighted by Crippen LogP contribution is -1.87. The molecule has 0 aliphatic rings. The average molecular weight is 247 g/mol. The van der Waals surface area contributed by atoms with Crippen molar-refractivity contribution in [3.63, 3.8) is 0 Å². The summed E-state index contributed by atoms with van der Waals surface area (Å²) in [4.78, 5) is 4.35. The van der Waals surface area contributed by atoms with Gasteiger partial charge in [0.2, 0.25) is 0 Å². The van der Waals surface area contributed by atoms with Gasteiger partial charge in [-0.3, -0.25) is 4.40 Å². The van der Waals surface area contributed by atoms with Crippen LogP contribution in [0.3, 0.4) is 0 Å². The molecule has 4 heteroatoms. The summed E-state index contributed by atoms with van der Waals surface area (Å²) in [5.41, 5.74) is 2.05. The summed E-state index contributed by atoms with van der Waals surface area (Å²) in [7, 11) is 0. The molecule has 0 aromatic carbocycles. The highest BCUT2D eigenvalue weighted by Crippen LogP contribution is 2.27. The molecule has 17 heavy (non-hydrogen) atoms. The SMILES string of the molecule is Cc1ccn2c(-c3ccc(C)o3)nc(Cl)c2c1. The second-order valence-corrected chi connectivity index (χ2v) is 4.45. The van der Waals surface area contributed by atoms with Crippen molar-refractivity contribution in [3.8, 4) is 11.6 Å². The van der Waals surface area contributed by atoms with E-state index in [0.717, 1.165) is 28.4 Å². The Morgan fingerprint density at radius 1 is 1.24 bits per heavy atom. The Bertz CT molecular complexity index is 697. The molecule has 3 rings (SSSR count). The molecule has 0 unspecified atom stereocenters. The van der Waals surface area contributed by atoms with Crippen LogP contribution in [0.4, 0.5) is 0 Å². The zero-order valence-electron chi connectivity index (χ0n) is 9.57. The third-order valence-corrected chi connectivity index (χ3v) is 2.99. The van der Waals surface area contributed by atoms with E-state index in [2.05, 4.69) is 4.98 Å². The van der Waals surface area contributed by atoms with Crippen LogP contribution in [-0.4, -0.2) is 9.38 Å². The monoisotopic (exact) mass is 246 g/mol. The lowest BCUT2D eigenvalue weighted by molar-refractivity contribution is 0.544. The van der Waals surface area contributed by atoms with Crippen molar-refractivity contribution in [1.29, 1.82) is 0 Å². The predicted molar refractivity (Wildman–Crippen MR) is 67.4 cm³/mol. The van der Waals surface area contributed by atoms with Gasteiger partial charge in [0.15, 0.2) is 16.7 Å². The number of nitrogens with zero attached hydrogens (tertiary/aromatic N) is 2. The van der Waals surface area contributed by atoms with Crippen LogP contribution in [0.25, 0.3) is 17.1 Å². The van der Waals surface area contributed by atoms with Crippen molar-refractivity contribution in [1.82, 2.24) is 9.38 Å². The molecule has 0 atom stereocenters. The van der Waals surface area contributed by atoms with Gasteiger partial charge in [0.1, 0.15) is 5.76 Å². The number of fused-ring (bicyclic) bond motifs is 1. The van der Waals surface area contributed by atoms with Crippen LogP contribution >= 0.6 is 11.6 Å². The first kappa shape index (κ1) is 10.4. The standard InChI is InChI=1S/C13H11ClN2O/c1-8-5-6-16-10(7-8)12(14)15-13(16)11-4-3-9(2)17-11/h3-7H,1-2H3. The average Bonchev–Trinajstić information content (AvgIpc) is 2.84. The number of aromatic nitrogens is 2. The highest BCUT2D eigenvalue weighted by atomic mass is 35.5. The molecule has 3 aromatic heterocycles. The molecule has 3 aromatic rings. The first-order valence-electron chi connectivity index (χ1n) is 5.36. The van der Waals surface area contributed by atoms with Gasteiger partial charge < -0.3 is 4.42 Å². The van der Waals surface area contributed by atoms with Gasteiger partial charge >= 0.3 is 0 Å². The maximum atomic E-state index is 6.13. The number of furan rings is 1. The molecule has 0 amide bonds. The summed E-state index contributed by atoms with van der Waals surface area (Å²) in [6.45, 7) is 3.94. The Balaban J connectivity index is 2.31. The second-order valence-electron chi connectivity index (χ2n) is 4.10. The van der Waals surface area contributed by atoms with E-state index in [1.54, 1.807) is 0 Å². The fraction of sp³-hybridized carbons (Fsp3) is 0.154. The Labute approximate surface area is 104 Å². The number of hydrogen-bond acceptors (Lipinski definition) is 2. The minimum atomic E-state index is 0.498. The predicted octanol–water partition coefficient (Wildman–Crippen LogP) is 3.86. The first-order chi connectivity index (χ1) is 8.15. The smallest absolute Gasteiger partial charge is 0.182 e. The van der Waals surface area contributed by atoms with Crippen molar-refractivity contribution in [2.24, 2.45) is 0 Å². The maximum absolute atomic E-state index is 6.13. The molecule has 86 valence electrons. The highest BCUT2D eigenvalue weighted by molar-refractivity contribution is 6.32. The van der Waals surface area contributed by atoms with E-state index in [0.29, 0.717) is 5.15 Å². The molecule has 0 aliphatic heterocycles. The van der Waals surface area contributed by atoms with Gasteiger partial charge in [-0.05, 0) is 43.7 Å². The number of halogens is 1. The number of rotatable bonds is 1. The van der Waals surface area contributed by atoms with Crippen molar-refractivity contribution < 1.29 is 4.42 Å². The van der Waals surface area contributed by atoms with Crippen LogP contribution < -0.4 is 0 Å². The van der Waals surface area contributed by atoms with E-state index in [4.69, 9.17) is 16.0 Å². The van der Waals surface area contributed by atoms with E-state index in [-0.39, 0.29) is 0 Å². The van der Waals surface area contributed by atoms with Crippen molar-refractivity contribution in [3.05, 3.63) is 46.9 Å². The van der Waals surface area contributed by atoms with Gasteiger partial charge in [-0.2, -0.15) is 0 Å². The van der Waals surface area contributed by atoms with Gasteiger partial charge in [0.25, 0.3) is 0 Å². The van der Waals surface area contributed by atoms with Gasteiger partial charge in [-0.15, -0.1) is 0 Å². The Morgan fingerprint density at radius 2 is 2.06 bits per heavy atom. The minimum absolute atomic E-state index is 0.498. The van der Waals surface area contributed by atoms with Crippen LogP contribution in [0.2, 0.25) is 5.15 Å². The van der Waals surface area contributed by atoms with Gasteiger partial charge in [0, 0.05) is 6.20 Å². The fourth-order valence-electron chi connectivity index (χ4n) is 1.88. The van der Waals surface area contributed by atoms with Crippen LogP contribution in [0, 0.1) is 13.8 Å². The summed E-state index contributed by atoms with van der Waals surface area (Å²) in [5.74, 6) is 2.33. The molecule has 0 N–H and O–H groups in total. The van der Waals surface area contributed by atoms with E-state index in [9.17, 15) is 0 Å². The Kier molecular flexibility index (Phi) is 2.23. The molecular weight excluding hydrogens is 236 g/mol. The molecule has 0 radical (unpaired) electrons. The van der Waals surface area contributed by atoms with Crippen LogP contribution in [0.1, 0.15) is 11.3 Å². The molecule has 0 aliphatic carbocycles. The number of imidazole rings is 1. The van der Waals surface area contributed by atoms with Gasteiger partial charge in [-0.25, -0.2) is 4.98 Å². The third kappa shape index (κ3) is 1.63. The normalized spacial score (nSPS) is 11.2. The minimum Gasteiger partial charge on any atom is -0.458 e. The highest BCUT2D eigenvalue weighted by Gasteiger charge is 2.13. The Morgan fingerprint density at radius 3 is 2.76 bits per heavy atom. The zero-order valence-corrected chi connectivity index (χ0v) is 10.3. The molecule has 0 saturated carbocycles. The summed E-state index contributed by atoms with van der Waals surface area (Å²) in [5, 5.41) is 0.498. The first-order valence-corrected chi connectivity index (χ1v) is 5.74.